The topological polar surface area (TPSA) is 64.6 Å². The van der Waals surface area contributed by atoms with Crippen LogP contribution >= 0.6 is 0 Å². The zero-order valence-corrected chi connectivity index (χ0v) is 13.4. The number of benzene rings is 2. The first kappa shape index (κ1) is 16.5. The van der Waals surface area contributed by atoms with Crippen molar-refractivity contribution in [3.8, 4) is 11.5 Å². The molecule has 0 aliphatic rings. The van der Waals surface area contributed by atoms with Gasteiger partial charge in [-0.15, -0.1) is 0 Å². The summed E-state index contributed by atoms with van der Waals surface area (Å²) in [6.45, 7) is 3.19. The molecular formula is C18H19NO4. The number of hydrogen-bond donors (Lipinski definition) is 1. The number of ketones is 1. The van der Waals surface area contributed by atoms with Crippen LogP contribution in [0.4, 0.5) is 5.69 Å². The summed E-state index contributed by atoms with van der Waals surface area (Å²) in [6.07, 6.45) is 0. The van der Waals surface area contributed by atoms with Crippen LogP contribution in [0.25, 0.3) is 0 Å². The molecule has 2 rings (SSSR count). The van der Waals surface area contributed by atoms with Gasteiger partial charge in [0.05, 0.1) is 18.4 Å². The van der Waals surface area contributed by atoms with Crippen LogP contribution in [-0.4, -0.2) is 25.4 Å². The van der Waals surface area contributed by atoms with Gasteiger partial charge in [-0.25, -0.2) is 0 Å². The van der Waals surface area contributed by atoms with Crippen LogP contribution in [0, 0.1) is 6.92 Å². The Labute approximate surface area is 135 Å². The molecule has 0 fully saturated rings. The second kappa shape index (κ2) is 7.45. The summed E-state index contributed by atoms with van der Waals surface area (Å²) in [5, 5.41) is 2.75. The highest BCUT2D eigenvalue weighted by Crippen LogP contribution is 2.25. The number of anilines is 1. The van der Waals surface area contributed by atoms with Crippen molar-refractivity contribution in [1.29, 1.82) is 0 Å². The van der Waals surface area contributed by atoms with Crippen molar-refractivity contribution in [2.24, 2.45) is 0 Å². The van der Waals surface area contributed by atoms with E-state index in [-0.39, 0.29) is 18.3 Å². The monoisotopic (exact) mass is 313 g/mol. The SMILES string of the molecule is COc1ccc(C)cc1NC(=O)COc1ccccc1C(C)=O. The number of aryl methyl sites for hydroxylation is 1. The van der Waals surface area contributed by atoms with E-state index in [9.17, 15) is 9.59 Å². The zero-order chi connectivity index (χ0) is 16.8. The Morgan fingerprint density at radius 1 is 1.09 bits per heavy atom. The largest absolute Gasteiger partial charge is 0.495 e. The van der Waals surface area contributed by atoms with Gasteiger partial charge in [-0.05, 0) is 43.7 Å². The Bertz CT molecular complexity index is 725. The summed E-state index contributed by atoms with van der Waals surface area (Å²) in [4.78, 5) is 23.6. The Balaban J connectivity index is 2.04. The summed E-state index contributed by atoms with van der Waals surface area (Å²) in [7, 11) is 1.54. The lowest BCUT2D eigenvalue weighted by molar-refractivity contribution is -0.118. The maximum atomic E-state index is 12.1. The van der Waals surface area contributed by atoms with Gasteiger partial charge in [-0.1, -0.05) is 18.2 Å². The van der Waals surface area contributed by atoms with E-state index in [0.29, 0.717) is 22.7 Å². The molecule has 0 atom stereocenters. The first-order chi connectivity index (χ1) is 11.0. The summed E-state index contributed by atoms with van der Waals surface area (Å²) in [5.74, 6) is 0.535. The van der Waals surface area contributed by atoms with E-state index in [0.717, 1.165) is 5.56 Å². The van der Waals surface area contributed by atoms with Gasteiger partial charge >= 0.3 is 0 Å². The van der Waals surface area contributed by atoms with Gasteiger partial charge in [0.25, 0.3) is 5.91 Å². The first-order valence-corrected chi connectivity index (χ1v) is 7.18. The lowest BCUT2D eigenvalue weighted by Gasteiger charge is -2.12. The minimum atomic E-state index is -0.327. The van der Waals surface area contributed by atoms with Gasteiger partial charge in [0.2, 0.25) is 0 Å². The van der Waals surface area contributed by atoms with Crippen molar-refractivity contribution in [2.45, 2.75) is 13.8 Å². The molecule has 23 heavy (non-hydrogen) atoms. The molecular weight excluding hydrogens is 294 g/mol. The lowest BCUT2D eigenvalue weighted by Crippen LogP contribution is -2.21. The number of hydrogen-bond acceptors (Lipinski definition) is 4. The quantitative estimate of drug-likeness (QED) is 0.832. The molecule has 1 amide bonds. The van der Waals surface area contributed by atoms with Crippen molar-refractivity contribution in [1.82, 2.24) is 0 Å². The van der Waals surface area contributed by atoms with Crippen molar-refractivity contribution in [2.75, 3.05) is 19.0 Å². The highest BCUT2D eigenvalue weighted by molar-refractivity contribution is 5.97. The molecule has 0 aromatic heterocycles. The normalized spacial score (nSPS) is 10.0. The maximum absolute atomic E-state index is 12.1. The number of ether oxygens (including phenoxy) is 2. The fourth-order valence-corrected chi connectivity index (χ4v) is 2.13. The van der Waals surface area contributed by atoms with Crippen LogP contribution in [0.3, 0.4) is 0 Å². The smallest absolute Gasteiger partial charge is 0.262 e. The Morgan fingerprint density at radius 2 is 1.83 bits per heavy atom. The minimum absolute atomic E-state index is 0.110. The van der Waals surface area contributed by atoms with Crippen molar-refractivity contribution in [3.05, 3.63) is 53.6 Å². The lowest BCUT2D eigenvalue weighted by atomic mass is 10.1. The van der Waals surface area contributed by atoms with E-state index >= 15 is 0 Å². The fraction of sp³-hybridized carbons (Fsp3) is 0.222. The molecule has 1 N–H and O–H groups in total. The summed E-state index contributed by atoms with van der Waals surface area (Å²) < 4.78 is 10.7. The second-order valence-electron chi connectivity index (χ2n) is 5.09. The number of nitrogens with one attached hydrogen (secondary N) is 1. The Morgan fingerprint density at radius 3 is 2.52 bits per heavy atom. The average molecular weight is 313 g/mol. The van der Waals surface area contributed by atoms with Gasteiger partial charge in [-0.3, -0.25) is 9.59 Å². The van der Waals surface area contributed by atoms with Gasteiger partial charge in [0, 0.05) is 0 Å². The number of amides is 1. The van der Waals surface area contributed by atoms with Crippen LogP contribution in [-0.2, 0) is 4.79 Å². The van der Waals surface area contributed by atoms with Crippen LogP contribution < -0.4 is 14.8 Å². The van der Waals surface area contributed by atoms with Crippen LogP contribution in [0.15, 0.2) is 42.5 Å². The van der Waals surface area contributed by atoms with E-state index in [1.165, 1.54) is 6.92 Å². The maximum Gasteiger partial charge on any atom is 0.262 e. The summed E-state index contributed by atoms with van der Waals surface area (Å²) in [6, 6.07) is 12.3. The average Bonchev–Trinajstić information content (AvgIpc) is 2.53. The molecule has 0 saturated heterocycles. The molecule has 0 aliphatic carbocycles. The third-order valence-corrected chi connectivity index (χ3v) is 3.25. The third kappa shape index (κ3) is 4.32. The molecule has 0 heterocycles. The van der Waals surface area contributed by atoms with Gasteiger partial charge in [0.1, 0.15) is 11.5 Å². The number of carbonyl (C=O) groups is 2. The fourth-order valence-electron chi connectivity index (χ4n) is 2.13. The molecule has 2 aromatic carbocycles. The minimum Gasteiger partial charge on any atom is -0.495 e. The Hall–Kier alpha value is -2.82. The number of para-hydroxylation sites is 1. The highest BCUT2D eigenvalue weighted by atomic mass is 16.5. The third-order valence-electron chi connectivity index (χ3n) is 3.25. The van der Waals surface area contributed by atoms with Gasteiger partial charge < -0.3 is 14.8 Å². The number of Topliss-reactive ketones (excluding diaryl/α,β-unsaturated/α-hetero) is 1. The van der Waals surface area contributed by atoms with Crippen LogP contribution in [0.2, 0.25) is 0 Å². The standard InChI is InChI=1S/C18H19NO4/c1-12-8-9-17(22-3)15(10-12)19-18(21)11-23-16-7-5-4-6-14(16)13(2)20/h4-10H,11H2,1-3H3,(H,19,21). The number of methoxy groups -OCH3 is 1. The van der Waals surface area contributed by atoms with E-state index in [1.807, 2.05) is 19.1 Å². The molecule has 0 aliphatic heterocycles. The second-order valence-corrected chi connectivity index (χ2v) is 5.09. The van der Waals surface area contributed by atoms with Crippen molar-refractivity contribution in [3.63, 3.8) is 0 Å². The molecule has 5 nitrogen and oxygen atoms in total. The van der Waals surface area contributed by atoms with E-state index in [1.54, 1.807) is 37.4 Å². The molecule has 0 spiro atoms. The van der Waals surface area contributed by atoms with Crippen LogP contribution in [0.5, 0.6) is 11.5 Å². The van der Waals surface area contributed by atoms with Gasteiger partial charge in [0.15, 0.2) is 12.4 Å². The highest BCUT2D eigenvalue weighted by Gasteiger charge is 2.11. The molecule has 2 aromatic rings. The predicted molar refractivity (Wildman–Crippen MR) is 88.3 cm³/mol. The van der Waals surface area contributed by atoms with Crippen LogP contribution in [0.1, 0.15) is 22.8 Å². The predicted octanol–water partition coefficient (Wildman–Crippen LogP) is 3.22. The molecule has 0 saturated carbocycles. The summed E-state index contributed by atoms with van der Waals surface area (Å²) >= 11 is 0. The zero-order valence-electron chi connectivity index (χ0n) is 13.4. The number of rotatable bonds is 6. The Kier molecular flexibility index (Phi) is 5.36. The molecule has 0 radical (unpaired) electrons. The van der Waals surface area contributed by atoms with E-state index < -0.39 is 0 Å². The molecule has 120 valence electrons. The summed E-state index contributed by atoms with van der Waals surface area (Å²) in [5.41, 5.74) is 2.04. The van der Waals surface area contributed by atoms with E-state index in [2.05, 4.69) is 5.32 Å². The number of carbonyl (C=O) groups excluding carboxylic acids is 2. The molecule has 0 bridgehead atoms. The van der Waals surface area contributed by atoms with E-state index in [4.69, 9.17) is 9.47 Å². The van der Waals surface area contributed by atoms with Gasteiger partial charge in [-0.2, -0.15) is 0 Å². The van der Waals surface area contributed by atoms with Crippen molar-refractivity contribution < 1.29 is 19.1 Å². The first-order valence-electron chi connectivity index (χ1n) is 7.18. The van der Waals surface area contributed by atoms with Crippen molar-refractivity contribution >= 4 is 17.4 Å². The molecule has 5 heteroatoms. The molecule has 0 unspecified atom stereocenters.